The first kappa shape index (κ1) is 10.1. The Morgan fingerprint density at radius 1 is 1.64 bits per heavy atom. The molecule has 0 aliphatic rings. The van der Waals surface area contributed by atoms with Crippen molar-refractivity contribution in [3.8, 4) is 10.8 Å². The third-order valence-corrected chi connectivity index (χ3v) is 3.89. The van der Waals surface area contributed by atoms with Crippen LogP contribution in [-0.4, -0.2) is 12.0 Å². The van der Waals surface area contributed by atoms with Crippen molar-refractivity contribution in [2.45, 2.75) is 6.54 Å². The Hall–Kier alpha value is -0.400. The van der Waals surface area contributed by atoms with Crippen LogP contribution in [0, 0.1) is 3.57 Å². The molecule has 0 spiro atoms. The fourth-order valence-electron chi connectivity index (χ4n) is 1.12. The Morgan fingerprint density at radius 3 is 3.14 bits per heavy atom. The monoisotopic (exact) mass is 320 g/mol. The minimum absolute atomic E-state index is 0.717. The van der Waals surface area contributed by atoms with Gasteiger partial charge in [0.15, 0.2) is 0 Å². The molecule has 2 aromatic rings. The lowest BCUT2D eigenvalue weighted by Crippen LogP contribution is -2.04. The summed E-state index contributed by atoms with van der Waals surface area (Å²) in [6, 6.07) is 2.06. The maximum Gasteiger partial charge on any atom is 0.237 e. The number of nitrogens with one attached hydrogen (secondary N) is 1. The van der Waals surface area contributed by atoms with E-state index in [0.29, 0.717) is 0 Å². The van der Waals surface area contributed by atoms with Crippen LogP contribution in [0.25, 0.3) is 10.8 Å². The molecule has 0 bridgehead atoms. The number of aromatic nitrogens is 1. The van der Waals surface area contributed by atoms with E-state index in [2.05, 4.69) is 39.0 Å². The largest absolute Gasteiger partial charge is 0.443 e. The van der Waals surface area contributed by atoms with Crippen molar-refractivity contribution in [2.75, 3.05) is 7.05 Å². The maximum atomic E-state index is 5.40. The Balaban J connectivity index is 2.29. The molecule has 74 valence electrons. The molecule has 0 saturated heterocycles. The maximum absolute atomic E-state index is 5.40. The molecule has 2 heterocycles. The molecule has 3 nitrogen and oxygen atoms in total. The first-order valence-electron chi connectivity index (χ1n) is 4.13. The summed E-state index contributed by atoms with van der Waals surface area (Å²) in [5.74, 6) is 0.717. The van der Waals surface area contributed by atoms with E-state index in [4.69, 9.17) is 4.42 Å². The van der Waals surface area contributed by atoms with Gasteiger partial charge in [-0.3, -0.25) is 0 Å². The lowest BCUT2D eigenvalue weighted by molar-refractivity contribution is 0.572. The van der Waals surface area contributed by atoms with Crippen LogP contribution in [0.4, 0.5) is 0 Å². The predicted octanol–water partition coefficient (Wildman–Crippen LogP) is 2.73. The Labute approximate surface area is 99.7 Å². The zero-order valence-electron chi connectivity index (χ0n) is 7.58. The highest BCUT2D eigenvalue weighted by atomic mass is 127. The molecule has 0 fully saturated rings. The van der Waals surface area contributed by atoms with E-state index in [9.17, 15) is 0 Å². The number of hydrogen-bond donors (Lipinski definition) is 1. The van der Waals surface area contributed by atoms with E-state index in [1.165, 1.54) is 3.57 Å². The molecule has 0 aliphatic heterocycles. The minimum atomic E-state index is 0.717. The van der Waals surface area contributed by atoms with Crippen LogP contribution in [0.2, 0.25) is 0 Å². The van der Waals surface area contributed by atoms with Gasteiger partial charge in [-0.05, 0) is 41.1 Å². The summed E-state index contributed by atoms with van der Waals surface area (Å²) in [5, 5.41) is 5.08. The van der Waals surface area contributed by atoms with Gasteiger partial charge in [0, 0.05) is 10.1 Å². The summed E-state index contributed by atoms with van der Waals surface area (Å²) in [5.41, 5.74) is 0.937. The first-order chi connectivity index (χ1) is 6.81. The van der Waals surface area contributed by atoms with Crippen molar-refractivity contribution in [3.63, 3.8) is 0 Å². The highest BCUT2D eigenvalue weighted by Gasteiger charge is 2.10. The molecule has 14 heavy (non-hydrogen) atoms. The second kappa shape index (κ2) is 4.41. The quantitative estimate of drug-likeness (QED) is 0.884. The number of nitrogens with zero attached hydrogens (tertiary/aromatic N) is 1. The van der Waals surface area contributed by atoms with Gasteiger partial charge in [-0.1, -0.05) is 0 Å². The van der Waals surface area contributed by atoms with Crippen molar-refractivity contribution in [1.29, 1.82) is 0 Å². The fourth-order valence-corrected chi connectivity index (χ4v) is 2.87. The number of thiophene rings is 1. The second-order valence-corrected chi connectivity index (χ2v) is 4.85. The molecule has 0 aromatic carbocycles. The zero-order chi connectivity index (χ0) is 9.97. The normalized spacial score (nSPS) is 10.7. The van der Waals surface area contributed by atoms with Crippen LogP contribution in [-0.2, 0) is 6.54 Å². The summed E-state index contributed by atoms with van der Waals surface area (Å²) in [6.45, 7) is 0.742. The molecule has 0 saturated carbocycles. The third kappa shape index (κ3) is 1.99. The highest BCUT2D eigenvalue weighted by molar-refractivity contribution is 14.1. The molecule has 0 atom stereocenters. The van der Waals surface area contributed by atoms with Gasteiger partial charge in [0.2, 0.25) is 5.89 Å². The van der Waals surface area contributed by atoms with Crippen molar-refractivity contribution >= 4 is 33.9 Å². The van der Waals surface area contributed by atoms with Gasteiger partial charge in [-0.2, -0.15) is 0 Å². The number of hydrogen-bond acceptors (Lipinski definition) is 4. The fraction of sp³-hybridized carbons (Fsp3) is 0.222. The van der Waals surface area contributed by atoms with Crippen LogP contribution < -0.4 is 5.32 Å². The van der Waals surface area contributed by atoms with Crippen LogP contribution in [0.5, 0.6) is 0 Å². The van der Waals surface area contributed by atoms with Crippen molar-refractivity contribution in [2.24, 2.45) is 0 Å². The van der Waals surface area contributed by atoms with E-state index in [1.807, 2.05) is 12.4 Å². The standard InChI is InChI=1S/C9H9IN2OS/c1-11-4-6-5-13-9(12-6)8-7(10)2-3-14-8/h2-3,5,11H,4H2,1H3. The van der Waals surface area contributed by atoms with E-state index in [-0.39, 0.29) is 0 Å². The van der Waals surface area contributed by atoms with Crippen LogP contribution >= 0.6 is 33.9 Å². The molecular formula is C9H9IN2OS. The molecule has 0 radical (unpaired) electrons. The zero-order valence-corrected chi connectivity index (χ0v) is 10.6. The van der Waals surface area contributed by atoms with E-state index in [0.717, 1.165) is 23.0 Å². The van der Waals surface area contributed by atoms with Gasteiger partial charge in [0.05, 0.1) is 5.69 Å². The summed E-state index contributed by atoms with van der Waals surface area (Å²) in [4.78, 5) is 5.48. The van der Waals surface area contributed by atoms with E-state index < -0.39 is 0 Å². The molecule has 0 unspecified atom stereocenters. The third-order valence-electron chi connectivity index (χ3n) is 1.72. The van der Waals surface area contributed by atoms with Gasteiger partial charge in [0.1, 0.15) is 11.1 Å². The summed E-state index contributed by atoms with van der Waals surface area (Å²) in [6.07, 6.45) is 1.70. The lowest BCUT2D eigenvalue weighted by atomic mass is 10.4. The van der Waals surface area contributed by atoms with Crippen molar-refractivity contribution in [3.05, 3.63) is 27.0 Å². The molecule has 2 aromatic heterocycles. The predicted molar refractivity (Wildman–Crippen MR) is 65.3 cm³/mol. The molecular weight excluding hydrogens is 311 g/mol. The first-order valence-corrected chi connectivity index (χ1v) is 6.09. The average molecular weight is 320 g/mol. The smallest absolute Gasteiger partial charge is 0.237 e. The molecule has 2 rings (SSSR count). The van der Waals surface area contributed by atoms with Gasteiger partial charge in [-0.25, -0.2) is 4.98 Å². The van der Waals surface area contributed by atoms with Crippen LogP contribution in [0.15, 0.2) is 22.1 Å². The lowest BCUT2D eigenvalue weighted by Gasteiger charge is -1.90. The SMILES string of the molecule is CNCc1coc(-c2sccc2I)n1. The van der Waals surface area contributed by atoms with Crippen LogP contribution in [0.1, 0.15) is 5.69 Å². The van der Waals surface area contributed by atoms with E-state index >= 15 is 0 Å². The summed E-state index contributed by atoms with van der Waals surface area (Å²) >= 11 is 3.93. The van der Waals surface area contributed by atoms with Crippen molar-refractivity contribution < 1.29 is 4.42 Å². The van der Waals surface area contributed by atoms with Gasteiger partial charge >= 0.3 is 0 Å². The molecule has 0 amide bonds. The number of rotatable bonds is 3. The van der Waals surface area contributed by atoms with Gasteiger partial charge < -0.3 is 9.73 Å². The Kier molecular flexibility index (Phi) is 3.19. The number of oxazole rings is 1. The van der Waals surface area contributed by atoms with E-state index in [1.54, 1.807) is 17.6 Å². The van der Waals surface area contributed by atoms with Gasteiger partial charge in [0.25, 0.3) is 0 Å². The summed E-state index contributed by atoms with van der Waals surface area (Å²) < 4.78 is 6.58. The number of halogens is 1. The summed E-state index contributed by atoms with van der Waals surface area (Å²) in [7, 11) is 1.89. The molecule has 5 heteroatoms. The second-order valence-electron chi connectivity index (χ2n) is 2.77. The van der Waals surface area contributed by atoms with Crippen LogP contribution in [0.3, 0.4) is 0 Å². The van der Waals surface area contributed by atoms with Gasteiger partial charge in [-0.15, -0.1) is 11.3 Å². The minimum Gasteiger partial charge on any atom is -0.443 e. The topological polar surface area (TPSA) is 38.1 Å². The molecule has 1 N–H and O–H groups in total. The highest BCUT2D eigenvalue weighted by Crippen LogP contribution is 2.29. The Bertz CT molecular complexity index is 424. The molecule has 0 aliphatic carbocycles. The van der Waals surface area contributed by atoms with Crippen molar-refractivity contribution in [1.82, 2.24) is 10.3 Å². The average Bonchev–Trinajstić information content (AvgIpc) is 2.74. The Morgan fingerprint density at radius 2 is 2.50 bits per heavy atom.